The second-order valence-electron chi connectivity index (χ2n) is 8.75. The lowest BCUT2D eigenvalue weighted by molar-refractivity contribution is 0.330. The fraction of sp³-hybridized carbons (Fsp3) is 0.296. The molecule has 0 bridgehead atoms. The average Bonchev–Trinajstić information content (AvgIpc) is 2.87. The first-order valence-electron chi connectivity index (χ1n) is 11.7. The van der Waals surface area contributed by atoms with Crippen LogP contribution in [-0.4, -0.2) is 33.8 Å². The molecule has 0 aromatic heterocycles. The summed E-state index contributed by atoms with van der Waals surface area (Å²) in [5.74, 6) is 0.502. The highest BCUT2D eigenvalue weighted by molar-refractivity contribution is 7.92. The topological polar surface area (TPSA) is 85.3 Å². The van der Waals surface area contributed by atoms with Gasteiger partial charge < -0.3 is 16.0 Å². The molecule has 2 atom stereocenters. The van der Waals surface area contributed by atoms with Gasteiger partial charge >= 0.3 is 0 Å². The Morgan fingerprint density at radius 2 is 1.65 bits per heavy atom. The zero-order chi connectivity index (χ0) is 24.0. The minimum absolute atomic E-state index is 0.182. The summed E-state index contributed by atoms with van der Waals surface area (Å²) in [7, 11) is -3.79. The predicted molar refractivity (Wildman–Crippen MR) is 139 cm³/mol. The highest BCUT2D eigenvalue weighted by Gasteiger charge is 2.29. The van der Waals surface area contributed by atoms with Crippen molar-refractivity contribution in [1.29, 1.82) is 5.41 Å². The van der Waals surface area contributed by atoms with Crippen LogP contribution < -0.4 is 14.9 Å². The van der Waals surface area contributed by atoms with Crippen molar-refractivity contribution in [1.82, 2.24) is 5.32 Å². The molecule has 6 nitrogen and oxygen atoms in total. The summed E-state index contributed by atoms with van der Waals surface area (Å²) >= 11 is 0. The summed E-state index contributed by atoms with van der Waals surface area (Å²) in [5, 5.41) is 15.1. The van der Waals surface area contributed by atoms with E-state index in [4.69, 9.17) is 5.41 Å². The fourth-order valence-electron chi connectivity index (χ4n) is 4.51. The van der Waals surface area contributed by atoms with E-state index in [0.29, 0.717) is 23.9 Å². The summed E-state index contributed by atoms with van der Waals surface area (Å²) in [4.78, 5) is 0.263. The van der Waals surface area contributed by atoms with Gasteiger partial charge in [-0.3, -0.25) is 4.31 Å². The van der Waals surface area contributed by atoms with E-state index in [1.165, 1.54) is 4.31 Å². The van der Waals surface area contributed by atoms with Gasteiger partial charge in [-0.25, -0.2) is 8.42 Å². The van der Waals surface area contributed by atoms with Gasteiger partial charge in [-0.05, 0) is 55.6 Å². The van der Waals surface area contributed by atoms with E-state index in [1.54, 1.807) is 24.3 Å². The SMILES string of the molecule is CC(=N)C1CNCCC1CNc1ccccc1N(Cc1ccccc1)S(=O)(=O)c1ccccc1. The van der Waals surface area contributed by atoms with Crippen LogP contribution >= 0.6 is 0 Å². The zero-order valence-corrected chi connectivity index (χ0v) is 20.3. The molecule has 4 rings (SSSR count). The second-order valence-corrected chi connectivity index (χ2v) is 10.6. The molecule has 7 heteroatoms. The first kappa shape index (κ1) is 24.0. The minimum Gasteiger partial charge on any atom is -0.383 e. The molecular weight excluding hydrogens is 444 g/mol. The van der Waals surface area contributed by atoms with Gasteiger partial charge in [0, 0.05) is 24.7 Å². The maximum atomic E-state index is 13.8. The van der Waals surface area contributed by atoms with Crippen molar-refractivity contribution in [3.8, 4) is 0 Å². The number of hydrogen-bond acceptors (Lipinski definition) is 5. The third-order valence-corrected chi connectivity index (χ3v) is 8.18. The van der Waals surface area contributed by atoms with Crippen LogP contribution in [0.5, 0.6) is 0 Å². The molecule has 1 fully saturated rings. The number of benzene rings is 3. The molecule has 2 unspecified atom stereocenters. The van der Waals surface area contributed by atoms with Crippen LogP contribution in [0.4, 0.5) is 11.4 Å². The number of sulfonamides is 1. The molecule has 1 aliphatic rings. The third kappa shape index (κ3) is 5.48. The molecule has 1 aliphatic heterocycles. The fourth-order valence-corrected chi connectivity index (χ4v) is 6.01. The Morgan fingerprint density at radius 3 is 2.35 bits per heavy atom. The summed E-state index contributed by atoms with van der Waals surface area (Å²) in [6, 6.07) is 25.8. The number of nitrogens with one attached hydrogen (secondary N) is 3. The Labute approximate surface area is 202 Å². The normalized spacial score (nSPS) is 18.3. The molecule has 0 saturated carbocycles. The number of rotatable bonds is 9. The van der Waals surface area contributed by atoms with Crippen LogP contribution in [0.2, 0.25) is 0 Å². The molecule has 1 saturated heterocycles. The summed E-state index contributed by atoms with van der Waals surface area (Å²) in [5.41, 5.74) is 2.99. The van der Waals surface area contributed by atoms with Crippen LogP contribution in [0, 0.1) is 17.2 Å². The third-order valence-electron chi connectivity index (χ3n) is 6.41. The minimum atomic E-state index is -3.79. The van der Waals surface area contributed by atoms with Crippen LogP contribution in [-0.2, 0) is 16.6 Å². The van der Waals surface area contributed by atoms with Gasteiger partial charge in [0.15, 0.2) is 0 Å². The quantitative estimate of drug-likeness (QED) is 0.389. The summed E-state index contributed by atoms with van der Waals surface area (Å²) in [6.07, 6.45) is 0.978. The zero-order valence-electron chi connectivity index (χ0n) is 19.4. The van der Waals surface area contributed by atoms with Crippen molar-refractivity contribution < 1.29 is 8.42 Å². The molecule has 1 heterocycles. The van der Waals surface area contributed by atoms with E-state index in [-0.39, 0.29) is 17.4 Å². The van der Waals surface area contributed by atoms with Crippen molar-refractivity contribution in [3.05, 3.63) is 90.5 Å². The van der Waals surface area contributed by atoms with Crippen LogP contribution in [0.1, 0.15) is 18.9 Å². The molecule has 0 spiro atoms. The van der Waals surface area contributed by atoms with Gasteiger partial charge in [-0.15, -0.1) is 0 Å². The van der Waals surface area contributed by atoms with E-state index < -0.39 is 10.0 Å². The average molecular weight is 477 g/mol. The lowest BCUT2D eigenvalue weighted by Gasteiger charge is -2.33. The van der Waals surface area contributed by atoms with Gasteiger partial charge in [0.25, 0.3) is 10.0 Å². The van der Waals surface area contributed by atoms with Gasteiger partial charge in [-0.1, -0.05) is 60.7 Å². The van der Waals surface area contributed by atoms with Gasteiger partial charge in [-0.2, -0.15) is 0 Å². The first-order chi connectivity index (χ1) is 16.5. The number of hydrogen-bond donors (Lipinski definition) is 3. The monoisotopic (exact) mass is 476 g/mol. The molecule has 0 aliphatic carbocycles. The number of anilines is 2. The molecule has 3 aromatic rings. The van der Waals surface area contributed by atoms with E-state index in [2.05, 4.69) is 10.6 Å². The Hall–Kier alpha value is -3.16. The highest BCUT2D eigenvalue weighted by Crippen LogP contribution is 2.33. The maximum absolute atomic E-state index is 13.8. The van der Waals surface area contributed by atoms with E-state index in [0.717, 1.165) is 30.8 Å². The summed E-state index contributed by atoms with van der Waals surface area (Å²) < 4.78 is 29.1. The maximum Gasteiger partial charge on any atom is 0.264 e. The number of nitrogens with zero attached hydrogens (tertiary/aromatic N) is 1. The largest absolute Gasteiger partial charge is 0.383 e. The van der Waals surface area contributed by atoms with Gasteiger partial charge in [0.05, 0.1) is 22.8 Å². The van der Waals surface area contributed by atoms with Crippen LogP contribution in [0.3, 0.4) is 0 Å². The Kier molecular flexibility index (Phi) is 7.65. The first-order valence-corrected chi connectivity index (χ1v) is 13.1. The van der Waals surface area contributed by atoms with Crippen molar-refractivity contribution in [2.45, 2.75) is 24.8 Å². The second kappa shape index (κ2) is 10.8. The van der Waals surface area contributed by atoms with Gasteiger partial charge in [0.1, 0.15) is 0 Å². The Morgan fingerprint density at radius 1 is 1.00 bits per heavy atom. The predicted octanol–water partition coefficient (Wildman–Crippen LogP) is 4.76. The lowest BCUT2D eigenvalue weighted by atomic mass is 9.83. The number of piperidine rings is 1. The lowest BCUT2D eigenvalue weighted by Crippen LogP contribution is -2.42. The molecule has 3 N–H and O–H groups in total. The molecular formula is C27H32N4O2S. The molecule has 178 valence electrons. The number of para-hydroxylation sites is 2. The standard InChI is InChI=1S/C27H32N4O2S/c1-21(28)25-19-29-17-16-23(25)18-30-26-14-8-9-15-27(26)31(20-22-10-4-2-5-11-22)34(32,33)24-12-6-3-7-13-24/h2-15,23,25,28-30H,16-20H2,1H3. The highest BCUT2D eigenvalue weighted by atomic mass is 32.2. The van der Waals surface area contributed by atoms with Crippen molar-refractivity contribution in [2.75, 3.05) is 29.3 Å². The van der Waals surface area contributed by atoms with Crippen molar-refractivity contribution >= 4 is 27.1 Å². The van der Waals surface area contributed by atoms with Crippen molar-refractivity contribution in [3.63, 3.8) is 0 Å². The van der Waals surface area contributed by atoms with E-state index in [1.807, 2.05) is 67.6 Å². The Balaban J connectivity index is 1.67. The van der Waals surface area contributed by atoms with Gasteiger partial charge in [0.2, 0.25) is 0 Å². The van der Waals surface area contributed by atoms with Crippen LogP contribution in [0.25, 0.3) is 0 Å². The van der Waals surface area contributed by atoms with E-state index >= 15 is 0 Å². The summed E-state index contributed by atoms with van der Waals surface area (Å²) in [6.45, 7) is 4.52. The molecule has 0 amide bonds. The Bertz CT molecular complexity index is 1200. The molecule has 0 radical (unpaired) electrons. The molecule has 34 heavy (non-hydrogen) atoms. The molecule has 3 aromatic carbocycles. The smallest absolute Gasteiger partial charge is 0.264 e. The van der Waals surface area contributed by atoms with Crippen molar-refractivity contribution in [2.24, 2.45) is 11.8 Å². The van der Waals surface area contributed by atoms with Crippen LogP contribution in [0.15, 0.2) is 89.8 Å². The van der Waals surface area contributed by atoms with E-state index in [9.17, 15) is 8.42 Å².